The van der Waals surface area contributed by atoms with Crippen LogP contribution in [0.2, 0.25) is 0 Å². The highest BCUT2D eigenvalue weighted by Crippen LogP contribution is 2.42. The van der Waals surface area contributed by atoms with E-state index in [4.69, 9.17) is 15.0 Å². The number of hydrogen-bond donors (Lipinski definition) is 3. The molecule has 0 fully saturated rings. The minimum Gasteiger partial charge on any atom is -0.481 e. The lowest BCUT2D eigenvalue weighted by molar-refractivity contribution is -0.148. The molecule has 1 aliphatic heterocycles. The number of aliphatic imine (C=N–C) groups is 1. The van der Waals surface area contributed by atoms with Crippen LogP contribution in [0.1, 0.15) is 76.3 Å². The van der Waals surface area contributed by atoms with Crippen LogP contribution in [0.3, 0.4) is 0 Å². The molecule has 8 nitrogen and oxygen atoms in total. The zero-order valence-corrected chi connectivity index (χ0v) is 26.6. The van der Waals surface area contributed by atoms with Crippen molar-refractivity contribution >= 4 is 61.3 Å². The smallest absolute Gasteiger partial charge is 0.321 e. The van der Waals surface area contributed by atoms with Gasteiger partial charge in [0.2, 0.25) is 0 Å². The van der Waals surface area contributed by atoms with E-state index in [1.165, 1.54) is 11.3 Å². The van der Waals surface area contributed by atoms with E-state index in [2.05, 4.69) is 43.2 Å². The van der Waals surface area contributed by atoms with Crippen LogP contribution in [0.25, 0.3) is 26.2 Å². The summed E-state index contributed by atoms with van der Waals surface area (Å²) in [6, 6.07) is 3.89. The zero-order valence-electron chi connectivity index (χ0n) is 25.0. The topological polar surface area (TPSA) is 117 Å². The molecule has 3 N–H and O–H groups in total. The Balaban J connectivity index is 1.55. The van der Waals surface area contributed by atoms with Gasteiger partial charge in [0, 0.05) is 36.0 Å². The van der Waals surface area contributed by atoms with Crippen LogP contribution < -0.4 is 10.6 Å². The number of nitrogens with zero attached hydrogens (tertiary/aromatic N) is 3. The van der Waals surface area contributed by atoms with Crippen LogP contribution in [0.5, 0.6) is 0 Å². The third-order valence-corrected chi connectivity index (χ3v) is 10.4. The molecule has 1 aromatic carbocycles. The molecular weight excluding hydrogens is 579 g/mol. The van der Waals surface area contributed by atoms with Crippen molar-refractivity contribution in [2.45, 2.75) is 65.7 Å². The normalized spacial score (nSPS) is 19.6. The van der Waals surface area contributed by atoms with E-state index in [1.807, 2.05) is 44.5 Å². The highest BCUT2D eigenvalue weighted by molar-refractivity contribution is 7.23. The Hall–Kier alpha value is -3.89. The van der Waals surface area contributed by atoms with Gasteiger partial charge in [-0.15, -0.1) is 11.3 Å². The molecule has 2 aromatic heterocycles. The molecule has 1 aliphatic carbocycles. The van der Waals surface area contributed by atoms with Crippen molar-refractivity contribution < 1.29 is 14.7 Å². The summed E-state index contributed by atoms with van der Waals surface area (Å²) >= 11 is 3.13. The number of carbonyl (C=O) groups is 2. The number of carboxylic acids is 1. The number of fused-ring (bicyclic) bond motifs is 1. The Kier molecular flexibility index (Phi) is 9.08. The van der Waals surface area contributed by atoms with Gasteiger partial charge in [0.05, 0.1) is 31.2 Å². The number of carbonyl (C=O) groups excluding carboxylic acids is 1. The SMILES string of the molecule is C=C1C=CC(c2cc(-c3cnc(C(C)CC)s3)c3sc(NC(=O)NCC)nc3c2)=CN=C1C1=CCCC(C)(C(=O)O)CC1. The van der Waals surface area contributed by atoms with Crippen LogP contribution in [-0.4, -0.2) is 39.3 Å². The van der Waals surface area contributed by atoms with Crippen molar-refractivity contribution in [2.75, 3.05) is 11.9 Å². The van der Waals surface area contributed by atoms with Crippen molar-refractivity contribution in [1.82, 2.24) is 15.3 Å². The van der Waals surface area contributed by atoms with E-state index >= 15 is 0 Å². The second kappa shape index (κ2) is 12.8. The van der Waals surface area contributed by atoms with Crippen LogP contribution in [0, 0.1) is 5.41 Å². The van der Waals surface area contributed by atoms with E-state index in [0.29, 0.717) is 43.3 Å². The Morgan fingerprint density at radius 3 is 2.74 bits per heavy atom. The molecule has 0 spiro atoms. The first kappa shape index (κ1) is 30.6. The summed E-state index contributed by atoms with van der Waals surface area (Å²) in [5.74, 6) is -0.382. The summed E-state index contributed by atoms with van der Waals surface area (Å²) in [5.41, 5.74) is 5.53. The van der Waals surface area contributed by atoms with Crippen molar-refractivity contribution in [3.63, 3.8) is 0 Å². The zero-order chi connectivity index (χ0) is 30.7. The fraction of sp³-hybridized carbons (Fsp3) is 0.364. The average Bonchev–Trinajstić information content (AvgIpc) is 3.52. The van der Waals surface area contributed by atoms with Gasteiger partial charge in [-0.05, 0) is 74.8 Å². The number of urea groups is 1. The molecule has 0 radical (unpaired) electrons. The van der Waals surface area contributed by atoms with E-state index < -0.39 is 11.4 Å². The number of anilines is 1. The number of nitrogens with one attached hydrogen (secondary N) is 2. The average molecular weight is 616 g/mol. The second-order valence-corrected chi connectivity index (χ2v) is 13.4. The molecular formula is C33H37N5O3S2. The van der Waals surface area contributed by atoms with Crippen LogP contribution >= 0.6 is 22.7 Å². The van der Waals surface area contributed by atoms with Gasteiger partial charge in [-0.1, -0.05) is 50.0 Å². The van der Waals surface area contributed by atoms with Crippen molar-refractivity contribution in [3.8, 4) is 10.4 Å². The third kappa shape index (κ3) is 6.55. The first-order valence-electron chi connectivity index (χ1n) is 14.7. The summed E-state index contributed by atoms with van der Waals surface area (Å²) in [7, 11) is 0. The van der Waals surface area contributed by atoms with Crippen molar-refractivity contribution in [1.29, 1.82) is 0 Å². The molecule has 3 heterocycles. The molecule has 5 rings (SSSR count). The highest BCUT2D eigenvalue weighted by atomic mass is 32.1. The van der Waals surface area contributed by atoms with Gasteiger partial charge in [0.25, 0.3) is 0 Å². The molecule has 2 aliphatic rings. The first-order chi connectivity index (χ1) is 20.6. The number of benzene rings is 1. The summed E-state index contributed by atoms with van der Waals surface area (Å²) in [5, 5.41) is 17.0. The lowest BCUT2D eigenvalue weighted by Crippen LogP contribution is -2.28. The summed E-state index contributed by atoms with van der Waals surface area (Å²) in [6.07, 6.45) is 13.4. The quantitative estimate of drug-likeness (QED) is 0.235. The molecule has 2 unspecified atom stereocenters. The van der Waals surface area contributed by atoms with Gasteiger partial charge in [0.15, 0.2) is 5.13 Å². The van der Waals surface area contributed by atoms with Crippen LogP contribution in [-0.2, 0) is 4.79 Å². The monoisotopic (exact) mass is 615 g/mol. The van der Waals surface area contributed by atoms with Gasteiger partial charge in [0.1, 0.15) is 0 Å². The Labute approximate surface area is 260 Å². The maximum Gasteiger partial charge on any atom is 0.321 e. The van der Waals surface area contributed by atoms with E-state index in [0.717, 1.165) is 60.1 Å². The Morgan fingerprint density at radius 2 is 2.00 bits per heavy atom. The molecule has 0 saturated carbocycles. The Morgan fingerprint density at radius 1 is 1.19 bits per heavy atom. The maximum atomic E-state index is 12.3. The van der Waals surface area contributed by atoms with Gasteiger partial charge in [-0.3, -0.25) is 15.1 Å². The van der Waals surface area contributed by atoms with E-state index in [1.54, 1.807) is 11.3 Å². The van der Waals surface area contributed by atoms with E-state index in [9.17, 15) is 14.7 Å². The second-order valence-electron chi connectivity index (χ2n) is 11.3. The molecule has 10 heteroatoms. The minimum atomic E-state index is -0.749. The van der Waals surface area contributed by atoms with E-state index in [-0.39, 0.29) is 6.03 Å². The largest absolute Gasteiger partial charge is 0.481 e. The number of aromatic nitrogens is 2. The van der Waals surface area contributed by atoms with Crippen LogP contribution in [0.4, 0.5) is 9.93 Å². The van der Waals surface area contributed by atoms with Gasteiger partial charge in [-0.2, -0.15) is 0 Å². The van der Waals surface area contributed by atoms with Gasteiger partial charge >= 0.3 is 12.0 Å². The lowest BCUT2D eigenvalue weighted by Gasteiger charge is -2.22. The number of rotatable bonds is 8. The third-order valence-electron chi connectivity index (χ3n) is 8.16. The first-order valence-corrected chi connectivity index (χ1v) is 16.3. The number of hydrogen-bond acceptors (Lipinski definition) is 7. The van der Waals surface area contributed by atoms with Crippen LogP contribution in [0.15, 0.2) is 65.5 Å². The lowest BCUT2D eigenvalue weighted by atomic mass is 9.82. The Bertz CT molecular complexity index is 1710. The number of aliphatic carboxylic acids is 1. The predicted octanol–water partition coefficient (Wildman–Crippen LogP) is 8.57. The number of thiazole rings is 2. The van der Waals surface area contributed by atoms with Gasteiger partial charge < -0.3 is 10.4 Å². The standard InChI is InChI=1S/C33H37N5O3S2/c1-6-19(3)29-36-18-26(42-29)24-15-23(16-25-28(24)43-32(37-25)38-31(41)34-7-2)22-11-10-20(4)27(35-17-22)21-9-8-13-33(5,14-12-21)30(39)40/h9-11,15-19H,4,6-8,12-14H2,1-3,5H3,(H,39,40)(H2,34,37,38,41). The van der Waals surface area contributed by atoms with Crippen molar-refractivity contribution in [2.24, 2.45) is 10.4 Å². The summed E-state index contributed by atoms with van der Waals surface area (Å²) in [6.45, 7) is 12.8. The highest BCUT2D eigenvalue weighted by Gasteiger charge is 2.34. The number of carboxylic acid groups (broad SMARTS) is 1. The molecule has 0 bridgehead atoms. The number of allylic oxidation sites excluding steroid dienone is 6. The molecule has 2 atom stereocenters. The van der Waals surface area contributed by atoms with Gasteiger partial charge in [-0.25, -0.2) is 14.8 Å². The summed E-state index contributed by atoms with van der Waals surface area (Å²) in [4.78, 5) is 39.5. The molecule has 224 valence electrons. The maximum absolute atomic E-state index is 12.3. The molecule has 3 aromatic rings. The predicted molar refractivity (Wildman–Crippen MR) is 178 cm³/mol. The fourth-order valence-corrected chi connectivity index (χ4v) is 7.28. The molecule has 2 amide bonds. The molecule has 43 heavy (non-hydrogen) atoms. The van der Waals surface area contributed by atoms with Crippen molar-refractivity contribution in [3.05, 3.63) is 71.1 Å². The molecule has 0 saturated heterocycles. The number of amides is 2. The minimum absolute atomic E-state index is 0.286. The fourth-order valence-electron chi connectivity index (χ4n) is 5.17. The summed E-state index contributed by atoms with van der Waals surface area (Å²) < 4.78 is 0.979.